The standard InChI is InChI=1S/C18H22N6O2S/c1-12-16(27-18(22-12)20-8-4-10-25-2)14-7-9-19-17(24-14)23-13-5-6-15(26-3)21-11-13/h5-7,9,11H,4,8,10H2,1-3H3,(H,20,22)(H,19,23,24). The Bertz CT molecular complexity index is 869. The predicted molar refractivity (Wildman–Crippen MR) is 107 cm³/mol. The number of thiazole rings is 1. The van der Waals surface area contributed by atoms with Crippen molar-refractivity contribution >= 4 is 28.1 Å². The third-order valence-electron chi connectivity index (χ3n) is 3.69. The van der Waals surface area contributed by atoms with Crippen LogP contribution < -0.4 is 15.4 Å². The highest BCUT2D eigenvalue weighted by Crippen LogP contribution is 2.32. The number of methoxy groups -OCH3 is 2. The number of hydrogen-bond acceptors (Lipinski definition) is 9. The molecule has 0 aliphatic rings. The van der Waals surface area contributed by atoms with Crippen LogP contribution in [-0.4, -0.2) is 47.3 Å². The van der Waals surface area contributed by atoms with Gasteiger partial charge in [0, 0.05) is 32.5 Å². The van der Waals surface area contributed by atoms with Gasteiger partial charge in [0.05, 0.1) is 35.3 Å². The fourth-order valence-electron chi connectivity index (χ4n) is 2.37. The van der Waals surface area contributed by atoms with Crippen molar-refractivity contribution in [1.29, 1.82) is 0 Å². The lowest BCUT2D eigenvalue weighted by Crippen LogP contribution is -2.04. The molecule has 3 aromatic heterocycles. The zero-order valence-corrected chi connectivity index (χ0v) is 16.3. The van der Waals surface area contributed by atoms with Crippen molar-refractivity contribution in [2.45, 2.75) is 13.3 Å². The Hall–Kier alpha value is -2.78. The molecule has 3 heterocycles. The Morgan fingerprint density at radius 2 is 2.00 bits per heavy atom. The minimum absolute atomic E-state index is 0.502. The summed E-state index contributed by atoms with van der Waals surface area (Å²) in [6, 6.07) is 5.52. The van der Waals surface area contributed by atoms with E-state index in [1.54, 1.807) is 44.0 Å². The van der Waals surface area contributed by atoms with Crippen LogP contribution in [0.1, 0.15) is 12.1 Å². The molecule has 8 nitrogen and oxygen atoms in total. The Morgan fingerprint density at radius 3 is 2.74 bits per heavy atom. The SMILES string of the molecule is COCCCNc1nc(C)c(-c2ccnc(Nc3ccc(OC)nc3)n2)s1. The number of anilines is 3. The van der Waals surface area contributed by atoms with E-state index in [0.29, 0.717) is 11.8 Å². The summed E-state index contributed by atoms with van der Waals surface area (Å²) in [6.07, 6.45) is 4.34. The highest BCUT2D eigenvalue weighted by atomic mass is 32.1. The van der Waals surface area contributed by atoms with Crippen molar-refractivity contribution in [3.05, 3.63) is 36.3 Å². The quantitative estimate of drug-likeness (QED) is 0.540. The van der Waals surface area contributed by atoms with Gasteiger partial charge in [0.25, 0.3) is 0 Å². The van der Waals surface area contributed by atoms with E-state index in [0.717, 1.165) is 46.7 Å². The van der Waals surface area contributed by atoms with Crippen molar-refractivity contribution in [1.82, 2.24) is 19.9 Å². The van der Waals surface area contributed by atoms with Crippen molar-refractivity contribution in [3.8, 4) is 16.5 Å². The molecule has 0 aliphatic heterocycles. The lowest BCUT2D eigenvalue weighted by Gasteiger charge is -2.06. The highest BCUT2D eigenvalue weighted by molar-refractivity contribution is 7.19. The lowest BCUT2D eigenvalue weighted by molar-refractivity contribution is 0.198. The van der Waals surface area contributed by atoms with Crippen LogP contribution in [0.15, 0.2) is 30.6 Å². The third-order valence-corrected chi connectivity index (χ3v) is 4.83. The topological polar surface area (TPSA) is 94.1 Å². The van der Waals surface area contributed by atoms with Gasteiger partial charge in [-0.25, -0.2) is 19.9 Å². The number of nitrogens with zero attached hydrogens (tertiary/aromatic N) is 4. The fraction of sp³-hybridized carbons (Fsp3) is 0.333. The molecule has 0 bridgehead atoms. The molecule has 0 aliphatic carbocycles. The van der Waals surface area contributed by atoms with Gasteiger partial charge >= 0.3 is 0 Å². The summed E-state index contributed by atoms with van der Waals surface area (Å²) >= 11 is 1.58. The average Bonchev–Trinajstić information content (AvgIpc) is 3.07. The van der Waals surface area contributed by atoms with Crippen LogP contribution in [0.3, 0.4) is 0 Å². The van der Waals surface area contributed by atoms with Crippen molar-refractivity contribution < 1.29 is 9.47 Å². The normalized spacial score (nSPS) is 10.6. The van der Waals surface area contributed by atoms with Crippen LogP contribution in [0.2, 0.25) is 0 Å². The summed E-state index contributed by atoms with van der Waals surface area (Å²) in [7, 11) is 3.29. The first-order valence-corrected chi connectivity index (χ1v) is 9.32. The molecular formula is C18H22N6O2S. The molecule has 0 aromatic carbocycles. The second-order valence-electron chi connectivity index (χ2n) is 5.69. The Morgan fingerprint density at radius 1 is 1.11 bits per heavy atom. The lowest BCUT2D eigenvalue weighted by atomic mass is 10.3. The maximum Gasteiger partial charge on any atom is 0.227 e. The molecule has 0 spiro atoms. The molecule has 0 saturated heterocycles. The van der Waals surface area contributed by atoms with Crippen LogP contribution in [0.25, 0.3) is 10.6 Å². The molecule has 9 heteroatoms. The van der Waals surface area contributed by atoms with E-state index in [1.807, 2.05) is 19.1 Å². The van der Waals surface area contributed by atoms with Crippen LogP contribution in [0.5, 0.6) is 5.88 Å². The van der Waals surface area contributed by atoms with Crippen LogP contribution in [0, 0.1) is 6.92 Å². The summed E-state index contributed by atoms with van der Waals surface area (Å²) in [4.78, 5) is 18.7. The maximum atomic E-state index is 5.06. The molecule has 0 unspecified atom stereocenters. The maximum absolute atomic E-state index is 5.06. The van der Waals surface area contributed by atoms with Gasteiger partial charge in [-0.15, -0.1) is 0 Å². The van der Waals surface area contributed by atoms with Gasteiger partial charge in [-0.2, -0.15) is 0 Å². The third kappa shape index (κ3) is 5.11. The highest BCUT2D eigenvalue weighted by Gasteiger charge is 2.12. The van der Waals surface area contributed by atoms with E-state index < -0.39 is 0 Å². The van der Waals surface area contributed by atoms with Gasteiger partial charge in [0.2, 0.25) is 11.8 Å². The van der Waals surface area contributed by atoms with Gasteiger partial charge in [0.15, 0.2) is 5.13 Å². The van der Waals surface area contributed by atoms with Crippen molar-refractivity contribution in [2.24, 2.45) is 0 Å². The second kappa shape index (κ2) is 9.24. The Balaban J connectivity index is 1.72. The number of nitrogens with one attached hydrogen (secondary N) is 2. The molecule has 3 aromatic rings. The van der Waals surface area contributed by atoms with Crippen molar-refractivity contribution in [2.75, 3.05) is 38.0 Å². The van der Waals surface area contributed by atoms with E-state index in [9.17, 15) is 0 Å². The number of aryl methyl sites for hydroxylation is 1. The predicted octanol–water partition coefficient (Wildman–Crippen LogP) is 3.50. The second-order valence-corrected chi connectivity index (χ2v) is 6.69. The molecule has 0 fully saturated rings. The fourth-order valence-corrected chi connectivity index (χ4v) is 3.33. The Kier molecular flexibility index (Phi) is 6.50. The minimum Gasteiger partial charge on any atom is -0.481 e. The summed E-state index contributed by atoms with van der Waals surface area (Å²) in [6.45, 7) is 3.53. The van der Waals surface area contributed by atoms with Crippen molar-refractivity contribution in [3.63, 3.8) is 0 Å². The first-order valence-electron chi connectivity index (χ1n) is 8.50. The number of rotatable bonds is 9. The zero-order chi connectivity index (χ0) is 19.1. The average molecular weight is 386 g/mol. The molecule has 0 amide bonds. The summed E-state index contributed by atoms with van der Waals surface area (Å²) in [5, 5.41) is 7.36. The number of hydrogen-bond donors (Lipinski definition) is 2. The van der Waals surface area contributed by atoms with E-state index >= 15 is 0 Å². The molecule has 2 N–H and O–H groups in total. The molecule has 27 heavy (non-hydrogen) atoms. The monoisotopic (exact) mass is 386 g/mol. The Labute approximate surface area is 162 Å². The van der Waals surface area contributed by atoms with Gasteiger partial charge in [-0.3, -0.25) is 0 Å². The first-order chi connectivity index (χ1) is 13.2. The van der Waals surface area contributed by atoms with Gasteiger partial charge in [-0.1, -0.05) is 11.3 Å². The number of aromatic nitrogens is 4. The van der Waals surface area contributed by atoms with Crippen LogP contribution >= 0.6 is 11.3 Å². The largest absolute Gasteiger partial charge is 0.481 e. The molecule has 0 atom stereocenters. The summed E-state index contributed by atoms with van der Waals surface area (Å²) < 4.78 is 10.1. The summed E-state index contributed by atoms with van der Waals surface area (Å²) in [5.41, 5.74) is 2.55. The van der Waals surface area contributed by atoms with Gasteiger partial charge < -0.3 is 20.1 Å². The van der Waals surface area contributed by atoms with E-state index in [1.165, 1.54) is 0 Å². The van der Waals surface area contributed by atoms with E-state index in [-0.39, 0.29) is 0 Å². The van der Waals surface area contributed by atoms with Gasteiger partial charge in [0.1, 0.15) is 0 Å². The molecule has 0 radical (unpaired) electrons. The molecule has 0 saturated carbocycles. The summed E-state index contributed by atoms with van der Waals surface area (Å²) in [5.74, 6) is 1.06. The van der Waals surface area contributed by atoms with E-state index in [4.69, 9.17) is 9.47 Å². The van der Waals surface area contributed by atoms with Gasteiger partial charge in [-0.05, 0) is 25.5 Å². The minimum atomic E-state index is 0.502. The smallest absolute Gasteiger partial charge is 0.227 e. The molecule has 3 rings (SSSR count). The van der Waals surface area contributed by atoms with Crippen LogP contribution in [0.4, 0.5) is 16.8 Å². The first kappa shape index (κ1) is 19.0. The molecule has 142 valence electrons. The molecular weight excluding hydrogens is 364 g/mol. The van der Waals surface area contributed by atoms with Crippen LogP contribution in [-0.2, 0) is 4.74 Å². The number of pyridine rings is 1. The number of ether oxygens (including phenoxy) is 2. The zero-order valence-electron chi connectivity index (χ0n) is 15.5. The van der Waals surface area contributed by atoms with E-state index in [2.05, 4.69) is 30.6 Å².